The van der Waals surface area contributed by atoms with Gasteiger partial charge in [-0.3, -0.25) is 9.67 Å². The number of aryl methyl sites for hydroxylation is 1. The summed E-state index contributed by atoms with van der Waals surface area (Å²) in [4.78, 5) is 4.35. The summed E-state index contributed by atoms with van der Waals surface area (Å²) in [7, 11) is -1.72. The Morgan fingerprint density at radius 1 is 1.35 bits per heavy atom. The van der Waals surface area contributed by atoms with Crippen LogP contribution >= 0.6 is 27.3 Å². The van der Waals surface area contributed by atoms with Crippen LogP contribution in [0, 0.1) is 0 Å². The highest BCUT2D eigenvalue weighted by Gasteiger charge is 2.17. The number of halogens is 1. The second-order valence-electron chi connectivity index (χ2n) is 4.80. The standard InChI is InChI=1S/C14H13BrN4O2S2/c1-19-9-11(7-17-19)14-10(3-2-6-16-14)8-18-23(20,21)13-5-4-12(15)22-13/h2-7,9,18H,8H2,1H3. The molecule has 0 aliphatic rings. The second-order valence-corrected chi connectivity index (χ2v) is 9.25. The highest BCUT2D eigenvalue weighted by Crippen LogP contribution is 2.26. The largest absolute Gasteiger partial charge is 0.275 e. The van der Waals surface area contributed by atoms with Crippen LogP contribution in [0.2, 0.25) is 0 Å². The lowest BCUT2D eigenvalue weighted by atomic mass is 10.1. The third kappa shape index (κ3) is 3.69. The van der Waals surface area contributed by atoms with Crippen molar-refractivity contribution in [2.45, 2.75) is 10.8 Å². The summed E-state index contributed by atoms with van der Waals surface area (Å²) in [5.41, 5.74) is 2.36. The van der Waals surface area contributed by atoms with Crippen LogP contribution in [0.4, 0.5) is 0 Å². The van der Waals surface area contributed by atoms with Gasteiger partial charge < -0.3 is 0 Å². The molecule has 0 fully saturated rings. The van der Waals surface area contributed by atoms with Gasteiger partial charge in [0.2, 0.25) is 10.0 Å². The molecule has 0 radical (unpaired) electrons. The van der Waals surface area contributed by atoms with Crippen molar-refractivity contribution >= 4 is 37.3 Å². The maximum absolute atomic E-state index is 12.3. The number of nitrogens with one attached hydrogen (secondary N) is 1. The zero-order valence-corrected chi connectivity index (χ0v) is 15.3. The fourth-order valence-electron chi connectivity index (χ4n) is 2.07. The highest BCUT2D eigenvalue weighted by molar-refractivity contribution is 9.11. The number of nitrogens with zero attached hydrogens (tertiary/aromatic N) is 3. The predicted molar refractivity (Wildman–Crippen MR) is 92.5 cm³/mol. The molecule has 3 aromatic heterocycles. The topological polar surface area (TPSA) is 76.9 Å². The molecule has 0 aliphatic heterocycles. The van der Waals surface area contributed by atoms with E-state index in [1.54, 1.807) is 35.3 Å². The van der Waals surface area contributed by atoms with Crippen molar-refractivity contribution in [1.29, 1.82) is 0 Å². The number of pyridine rings is 1. The predicted octanol–water partition coefficient (Wildman–Crippen LogP) is 2.78. The molecule has 3 aromatic rings. The number of sulfonamides is 1. The Morgan fingerprint density at radius 3 is 2.83 bits per heavy atom. The van der Waals surface area contributed by atoms with Crippen LogP contribution in [0.25, 0.3) is 11.3 Å². The molecule has 23 heavy (non-hydrogen) atoms. The Labute approximate surface area is 146 Å². The smallest absolute Gasteiger partial charge is 0.250 e. The van der Waals surface area contributed by atoms with Crippen LogP contribution in [0.15, 0.2) is 50.9 Å². The molecule has 0 bridgehead atoms. The number of thiophene rings is 1. The van der Waals surface area contributed by atoms with E-state index < -0.39 is 10.0 Å². The summed E-state index contributed by atoms with van der Waals surface area (Å²) in [5, 5.41) is 4.13. The van der Waals surface area contributed by atoms with Crippen molar-refractivity contribution < 1.29 is 8.42 Å². The molecule has 0 aliphatic carbocycles. The number of aromatic nitrogens is 3. The van der Waals surface area contributed by atoms with E-state index in [0.29, 0.717) is 0 Å². The molecule has 1 N–H and O–H groups in total. The van der Waals surface area contributed by atoms with Gasteiger partial charge in [-0.25, -0.2) is 13.1 Å². The van der Waals surface area contributed by atoms with Crippen LogP contribution in [-0.4, -0.2) is 23.2 Å². The molecular formula is C14H13BrN4O2S2. The zero-order chi connectivity index (χ0) is 16.4. The van der Waals surface area contributed by atoms with Crippen molar-refractivity contribution in [2.75, 3.05) is 0 Å². The molecule has 0 aromatic carbocycles. The van der Waals surface area contributed by atoms with E-state index in [9.17, 15) is 8.42 Å². The summed E-state index contributed by atoms with van der Waals surface area (Å²) in [6.45, 7) is 0.163. The number of hydrogen-bond acceptors (Lipinski definition) is 5. The Hall–Kier alpha value is -1.55. The molecule has 9 heteroatoms. The van der Waals surface area contributed by atoms with Crippen LogP contribution in [0.3, 0.4) is 0 Å². The molecule has 0 amide bonds. The van der Waals surface area contributed by atoms with Crippen LogP contribution in [0.5, 0.6) is 0 Å². The minimum absolute atomic E-state index is 0.163. The van der Waals surface area contributed by atoms with Crippen LogP contribution < -0.4 is 4.72 Å². The second kappa shape index (κ2) is 6.52. The third-order valence-corrected chi connectivity index (χ3v) is 6.65. The summed E-state index contributed by atoms with van der Waals surface area (Å²) in [6.07, 6.45) is 5.23. The van der Waals surface area contributed by atoms with Crippen molar-refractivity contribution in [2.24, 2.45) is 7.05 Å². The number of rotatable bonds is 5. The van der Waals surface area contributed by atoms with E-state index in [0.717, 1.165) is 20.6 Å². The van der Waals surface area contributed by atoms with Crippen LogP contribution in [-0.2, 0) is 23.6 Å². The Morgan fingerprint density at radius 2 is 2.17 bits per heavy atom. The fraction of sp³-hybridized carbons (Fsp3) is 0.143. The Kier molecular flexibility index (Phi) is 4.62. The van der Waals surface area contributed by atoms with Crippen molar-refractivity contribution in [3.8, 4) is 11.3 Å². The normalized spacial score (nSPS) is 11.7. The van der Waals surface area contributed by atoms with Gasteiger partial charge in [0.1, 0.15) is 4.21 Å². The number of hydrogen-bond donors (Lipinski definition) is 1. The van der Waals surface area contributed by atoms with Gasteiger partial charge in [-0.1, -0.05) is 6.07 Å². The Bertz CT molecular complexity index is 934. The maximum atomic E-state index is 12.3. The lowest BCUT2D eigenvalue weighted by molar-refractivity contribution is 0.583. The molecule has 3 heterocycles. The SMILES string of the molecule is Cn1cc(-c2ncccc2CNS(=O)(=O)c2ccc(Br)s2)cn1. The third-order valence-electron chi connectivity index (χ3n) is 3.14. The quantitative estimate of drug-likeness (QED) is 0.698. The first-order valence-corrected chi connectivity index (χ1v) is 9.73. The van der Waals surface area contributed by atoms with E-state index in [2.05, 4.69) is 30.7 Å². The van der Waals surface area contributed by atoms with E-state index in [1.165, 1.54) is 11.3 Å². The lowest BCUT2D eigenvalue weighted by Gasteiger charge is -2.08. The van der Waals surface area contributed by atoms with Gasteiger partial charge in [-0.15, -0.1) is 11.3 Å². The average molecular weight is 413 g/mol. The molecule has 0 saturated heterocycles. The van der Waals surface area contributed by atoms with Crippen molar-refractivity contribution in [1.82, 2.24) is 19.5 Å². The average Bonchev–Trinajstić information content (AvgIpc) is 3.15. The molecule has 0 saturated carbocycles. The van der Waals surface area contributed by atoms with Crippen LogP contribution in [0.1, 0.15) is 5.56 Å². The van der Waals surface area contributed by atoms with Gasteiger partial charge in [0.25, 0.3) is 0 Å². The minimum Gasteiger partial charge on any atom is -0.275 e. The van der Waals surface area contributed by atoms with E-state index in [-0.39, 0.29) is 10.8 Å². The van der Waals surface area contributed by atoms with Gasteiger partial charge in [-0.2, -0.15) is 5.10 Å². The van der Waals surface area contributed by atoms with Crippen molar-refractivity contribution in [3.05, 3.63) is 52.2 Å². The molecule has 0 unspecified atom stereocenters. The monoisotopic (exact) mass is 412 g/mol. The van der Waals surface area contributed by atoms with E-state index in [4.69, 9.17) is 0 Å². The van der Waals surface area contributed by atoms with Gasteiger partial charge in [-0.05, 0) is 39.7 Å². The van der Waals surface area contributed by atoms with E-state index in [1.807, 2.05) is 19.3 Å². The summed E-state index contributed by atoms with van der Waals surface area (Å²) in [6, 6.07) is 6.92. The van der Waals surface area contributed by atoms with Gasteiger partial charge in [0, 0.05) is 31.5 Å². The first-order chi connectivity index (χ1) is 11.0. The first kappa shape index (κ1) is 16.3. The minimum atomic E-state index is -3.54. The summed E-state index contributed by atoms with van der Waals surface area (Å²) in [5.74, 6) is 0. The van der Waals surface area contributed by atoms with Gasteiger partial charge in [0.15, 0.2) is 0 Å². The molecular weight excluding hydrogens is 400 g/mol. The first-order valence-electron chi connectivity index (χ1n) is 6.63. The summed E-state index contributed by atoms with van der Waals surface area (Å²) >= 11 is 4.44. The maximum Gasteiger partial charge on any atom is 0.250 e. The van der Waals surface area contributed by atoms with E-state index >= 15 is 0 Å². The van der Waals surface area contributed by atoms with Crippen molar-refractivity contribution in [3.63, 3.8) is 0 Å². The summed E-state index contributed by atoms with van der Waals surface area (Å²) < 4.78 is 30.0. The molecule has 6 nitrogen and oxygen atoms in total. The van der Waals surface area contributed by atoms with Gasteiger partial charge in [0.05, 0.1) is 15.7 Å². The molecule has 0 atom stereocenters. The molecule has 3 rings (SSSR count). The lowest BCUT2D eigenvalue weighted by Crippen LogP contribution is -2.22. The molecule has 0 spiro atoms. The fourth-order valence-corrected chi connectivity index (χ4v) is 5.13. The molecule has 120 valence electrons. The highest BCUT2D eigenvalue weighted by atomic mass is 79.9. The Balaban J connectivity index is 1.84. The van der Waals surface area contributed by atoms with Gasteiger partial charge >= 0.3 is 0 Å². The zero-order valence-electron chi connectivity index (χ0n) is 12.1.